The van der Waals surface area contributed by atoms with Gasteiger partial charge < -0.3 is 4.74 Å². The molecule has 0 saturated heterocycles. The SMILES string of the molecule is COC(=O)CCC(=O)Cc1ccccc1. The number of benzene rings is 1. The fraction of sp³-hybridized carbons (Fsp3) is 0.333. The normalized spacial score (nSPS) is 9.67. The van der Waals surface area contributed by atoms with Crippen LogP contribution in [0.1, 0.15) is 18.4 Å². The summed E-state index contributed by atoms with van der Waals surface area (Å²) in [5.74, 6) is -0.275. The van der Waals surface area contributed by atoms with Gasteiger partial charge in [0.1, 0.15) is 5.78 Å². The van der Waals surface area contributed by atoms with Gasteiger partial charge in [0.05, 0.1) is 13.5 Å². The van der Waals surface area contributed by atoms with E-state index in [4.69, 9.17) is 0 Å². The molecular formula is C12H14O3. The molecule has 0 spiro atoms. The second-order valence-corrected chi connectivity index (χ2v) is 3.28. The zero-order chi connectivity index (χ0) is 11.1. The summed E-state index contributed by atoms with van der Waals surface area (Å²) in [6.45, 7) is 0. The van der Waals surface area contributed by atoms with Crippen LogP contribution >= 0.6 is 0 Å². The van der Waals surface area contributed by atoms with E-state index in [1.807, 2.05) is 30.3 Å². The third-order valence-corrected chi connectivity index (χ3v) is 2.08. The number of ether oxygens (including phenoxy) is 1. The second kappa shape index (κ2) is 5.96. The molecule has 0 N–H and O–H groups in total. The highest BCUT2D eigenvalue weighted by Crippen LogP contribution is 2.03. The Morgan fingerprint density at radius 3 is 2.40 bits per heavy atom. The Morgan fingerprint density at radius 1 is 1.13 bits per heavy atom. The summed E-state index contributed by atoms with van der Waals surface area (Å²) in [5.41, 5.74) is 0.979. The first-order valence-corrected chi connectivity index (χ1v) is 4.85. The number of carbonyl (C=O) groups excluding carboxylic acids is 2. The highest BCUT2D eigenvalue weighted by molar-refractivity contribution is 5.84. The molecule has 0 amide bonds. The molecular weight excluding hydrogens is 192 g/mol. The lowest BCUT2D eigenvalue weighted by Crippen LogP contribution is -2.07. The van der Waals surface area contributed by atoms with Crippen LogP contribution in [0.3, 0.4) is 0 Å². The number of rotatable bonds is 5. The maximum Gasteiger partial charge on any atom is 0.305 e. The van der Waals surface area contributed by atoms with Gasteiger partial charge in [0.25, 0.3) is 0 Å². The van der Waals surface area contributed by atoms with E-state index in [9.17, 15) is 9.59 Å². The molecule has 0 heterocycles. The molecule has 0 saturated carbocycles. The molecule has 0 bridgehead atoms. The number of carbonyl (C=O) groups is 2. The molecule has 0 aliphatic heterocycles. The molecule has 0 atom stereocenters. The van der Waals surface area contributed by atoms with Gasteiger partial charge >= 0.3 is 5.97 Å². The molecule has 80 valence electrons. The van der Waals surface area contributed by atoms with Crippen LogP contribution < -0.4 is 0 Å². The number of Topliss-reactive ketones (excluding diaryl/α,β-unsaturated/α-hetero) is 1. The summed E-state index contributed by atoms with van der Waals surface area (Å²) in [6.07, 6.45) is 0.807. The molecule has 3 heteroatoms. The van der Waals surface area contributed by atoms with E-state index in [0.29, 0.717) is 6.42 Å². The molecule has 3 nitrogen and oxygen atoms in total. The predicted octanol–water partition coefficient (Wildman–Crippen LogP) is 1.75. The number of hydrogen-bond acceptors (Lipinski definition) is 3. The van der Waals surface area contributed by atoms with Crippen molar-refractivity contribution in [2.24, 2.45) is 0 Å². The predicted molar refractivity (Wildman–Crippen MR) is 56.4 cm³/mol. The van der Waals surface area contributed by atoms with Crippen molar-refractivity contribution in [1.29, 1.82) is 0 Å². The second-order valence-electron chi connectivity index (χ2n) is 3.28. The lowest BCUT2D eigenvalue weighted by atomic mass is 10.1. The topological polar surface area (TPSA) is 43.4 Å². The van der Waals surface area contributed by atoms with Crippen molar-refractivity contribution < 1.29 is 14.3 Å². The Hall–Kier alpha value is -1.64. The summed E-state index contributed by atoms with van der Waals surface area (Å²) < 4.78 is 4.46. The van der Waals surface area contributed by atoms with E-state index in [1.54, 1.807) is 0 Å². The van der Waals surface area contributed by atoms with Crippen LogP contribution in [-0.4, -0.2) is 18.9 Å². The quantitative estimate of drug-likeness (QED) is 0.689. The van der Waals surface area contributed by atoms with Crippen LogP contribution in [0.15, 0.2) is 30.3 Å². The molecule has 0 radical (unpaired) electrons. The number of methoxy groups -OCH3 is 1. The highest BCUT2D eigenvalue weighted by Gasteiger charge is 2.07. The van der Waals surface area contributed by atoms with Crippen molar-refractivity contribution in [1.82, 2.24) is 0 Å². The van der Waals surface area contributed by atoms with Gasteiger partial charge in [0.15, 0.2) is 0 Å². The van der Waals surface area contributed by atoms with Crippen LogP contribution in [0.5, 0.6) is 0 Å². The number of ketones is 1. The third-order valence-electron chi connectivity index (χ3n) is 2.08. The van der Waals surface area contributed by atoms with E-state index in [0.717, 1.165) is 5.56 Å². The number of hydrogen-bond donors (Lipinski definition) is 0. The van der Waals surface area contributed by atoms with E-state index < -0.39 is 0 Å². The van der Waals surface area contributed by atoms with Gasteiger partial charge in [-0.05, 0) is 5.56 Å². The van der Waals surface area contributed by atoms with E-state index in [-0.39, 0.29) is 24.6 Å². The Kier molecular flexibility index (Phi) is 4.54. The fourth-order valence-corrected chi connectivity index (χ4v) is 1.26. The van der Waals surface area contributed by atoms with Gasteiger partial charge in [-0.3, -0.25) is 9.59 Å². The summed E-state index contributed by atoms with van der Waals surface area (Å²) >= 11 is 0. The Bertz CT molecular complexity index is 330. The molecule has 0 aliphatic carbocycles. The van der Waals surface area contributed by atoms with E-state index in [1.165, 1.54) is 7.11 Å². The first kappa shape index (κ1) is 11.4. The van der Waals surface area contributed by atoms with Gasteiger partial charge in [0, 0.05) is 12.8 Å². The molecule has 1 aromatic carbocycles. The number of esters is 1. The van der Waals surface area contributed by atoms with E-state index in [2.05, 4.69) is 4.74 Å². The van der Waals surface area contributed by atoms with Crippen molar-refractivity contribution in [3.63, 3.8) is 0 Å². The van der Waals surface area contributed by atoms with Crippen molar-refractivity contribution >= 4 is 11.8 Å². The Balaban J connectivity index is 2.34. The van der Waals surface area contributed by atoms with Crippen molar-refractivity contribution in [2.45, 2.75) is 19.3 Å². The zero-order valence-corrected chi connectivity index (χ0v) is 8.73. The minimum Gasteiger partial charge on any atom is -0.469 e. The van der Waals surface area contributed by atoms with Gasteiger partial charge in [-0.2, -0.15) is 0 Å². The molecule has 0 fully saturated rings. The fourth-order valence-electron chi connectivity index (χ4n) is 1.26. The lowest BCUT2D eigenvalue weighted by molar-refractivity contribution is -0.141. The average molecular weight is 206 g/mol. The van der Waals surface area contributed by atoms with Crippen molar-refractivity contribution in [3.8, 4) is 0 Å². The molecule has 15 heavy (non-hydrogen) atoms. The van der Waals surface area contributed by atoms with Gasteiger partial charge in [-0.25, -0.2) is 0 Å². The summed E-state index contributed by atoms with van der Waals surface area (Å²) in [6, 6.07) is 9.49. The van der Waals surface area contributed by atoms with Crippen LogP contribution in [0.4, 0.5) is 0 Å². The maximum absolute atomic E-state index is 11.4. The molecule has 0 aromatic heterocycles. The summed E-state index contributed by atoms with van der Waals surface area (Å²) in [5, 5.41) is 0. The molecule has 1 aromatic rings. The van der Waals surface area contributed by atoms with Crippen LogP contribution in [0.2, 0.25) is 0 Å². The van der Waals surface area contributed by atoms with Crippen LogP contribution in [0.25, 0.3) is 0 Å². The first-order valence-electron chi connectivity index (χ1n) is 4.85. The molecule has 0 unspecified atom stereocenters. The molecule has 0 aliphatic rings. The summed E-state index contributed by atoms with van der Waals surface area (Å²) in [7, 11) is 1.32. The molecule has 1 rings (SSSR count). The van der Waals surface area contributed by atoms with Crippen LogP contribution in [0, 0.1) is 0 Å². The largest absolute Gasteiger partial charge is 0.469 e. The van der Waals surface area contributed by atoms with Gasteiger partial charge in [-0.1, -0.05) is 30.3 Å². The standard InChI is InChI=1S/C12H14O3/c1-15-12(14)8-7-11(13)9-10-5-3-2-4-6-10/h2-6H,7-9H2,1H3. The Morgan fingerprint density at radius 2 is 1.80 bits per heavy atom. The highest BCUT2D eigenvalue weighted by atomic mass is 16.5. The minimum absolute atomic E-state index is 0.0617. The smallest absolute Gasteiger partial charge is 0.305 e. The maximum atomic E-state index is 11.4. The lowest BCUT2D eigenvalue weighted by Gasteiger charge is -2.00. The van der Waals surface area contributed by atoms with E-state index >= 15 is 0 Å². The summed E-state index contributed by atoms with van der Waals surface area (Å²) in [4.78, 5) is 22.2. The van der Waals surface area contributed by atoms with Crippen molar-refractivity contribution in [2.75, 3.05) is 7.11 Å². The average Bonchev–Trinajstić information content (AvgIpc) is 2.27. The van der Waals surface area contributed by atoms with Gasteiger partial charge in [-0.15, -0.1) is 0 Å². The van der Waals surface area contributed by atoms with Crippen LogP contribution in [-0.2, 0) is 20.7 Å². The zero-order valence-electron chi connectivity index (χ0n) is 8.73. The van der Waals surface area contributed by atoms with Crippen molar-refractivity contribution in [3.05, 3.63) is 35.9 Å². The van der Waals surface area contributed by atoms with Gasteiger partial charge in [0.2, 0.25) is 0 Å². The first-order chi connectivity index (χ1) is 7.22. The Labute approximate surface area is 89.1 Å². The minimum atomic E-state index is -0.337. The third kappa shape index (κ3) is 4.40. The monoisotopic (exact) mass is 206 g/mol.